The van der Waals surface area contributed by atoms with Crippen LogP contribution in [0.25, 0.3) is 0 Å². The number of rotatable bonds is 7. The number of ether oxygens (including phenoxy) is 1. The van der Waals surface area contributed by atoms with E-state index in [0.717, 1.165) is 0 Å². The zero-order valence-corrected chi connectivity index (χ0v) is 9.26. The first-order valence-corrected chi connectivity index (χ1v) is 5.09. The number of aryl methyl sites for hydroxylation is 1. The maximum atomic E-state index is 10.6. The fraction of sp³-hybridized carbons (Fsp3) is 0.625. The van der Waals surface area contributed by atoms with E-state index in [9.17, 15) is 10.1 Å². The molecule has 0 fully saturated rings. The van der Waals surface area contributed by atoms with E-state index >= 15 is 0 Å². The van der Waals surface area contributed by atoms with Crippen LogP contribution in [0, 0.1) is 10.1 Å². The highest BCUT2D eigenvalue weighted by molar-refractivity contribution is 6.29. The highest BCUT2D eigenvalue weighted by Gasteiger charge is 2.16. The van der Waals surface area contributed by atoms with Crippen molar-refractivity contribution in [3.05, 3.63) is 21.3 Å². The lowest BCUT2D eigenvalue weighted by Gasteiger charge is -2.01. The third-order valence-electron chi connectivity index (χ3n) is 1.81. The first-order chi connectivity index (χ1) is 7.65. The van der Waals surface area contributed by atoms with Gasteiger partial charge >= 0.3 is 5.82 Å². The van der Waals surface area contributed by atoms with Gasteiger partial charge in [-0.15, -0.1) is 4.68 Å². The first kappa shape index (κ1) is 12.9. The van der Waals surface area contributed by atoms with E-state index in [1.165, 1.54) is 10.7 Å². The van der Waals surface area contributed by atoms with Gasteiger partial charge in [-0.25, -0.2) is 0 Å². The van der Waals surface area contributed by atoms with Crippen molar-refractivity contribution >= 4 is 17.4 Å². The Kier molecular flexibility index (Phi) is 5.17. The standard InChI is InChI=1S/C8H12ClN3O4/c9-7-6-8(12(14)15)11(10-7)2-1-4-16-5-3-13/h6,13H,1-5H2. The van der Waals surface area contributed by atoms with Crippen LogP contribution in [0.2, 0.25) is 5.15 Å². The fourth-order valence-electron chi connectivity index (χ4n) is 1.17. The van der Waals surface area contributed by atoms with Gasteiger partial charge in [-0.1, -0.05) is 16.7 Å². The van der Waals surface area contributed by atoms with Crippen molar-refractivity contribution in [3.63, 3.8) is 0 Å². The second kappa shape index (κ2) is 6.41. The molecule has 0 radical (unpaired) electrons. The molecule has 0 unspecified atom stereocenters. The van der Waals surface area contributed by atoms with Crippen molar-refractivity contribution in [1.82, 2.24) is 9.78 Å². The average molecular weight is 250 g/mol. The van der Waals surface area contributed by atoms with Gasteiger partial charge in [0.05, 0.1) is 25.9 Å². The van der Waals surface area contributed by atoms with Crippen LogP contribution in [-0.4, -0.2) is 39.6 Å². The van der Waals surface area contributed by atoms with E-state index in [4.69, 9.17) is 21.4 Å². The Labute approximate surface area is 96.7 Å². The van der Waals surface area contributed by atoms with E-state index in [1.807, 2.05) is 0 Å². The van der Waals surface area contributed by atoms with Crippen LogP contribution in [0.1, 0.15) is 6.42 Å². The normalized spacial score (nSPS) is 10.6. The lowest BCUT2D eigenvalue weighted by molar-refractivity contribution is -0.392. The SMILES string of the molecule is O=[N+]([O-])c1cc(Cl)nn1CCCOCCO. The molecule has 0 bridgehead atoms. The van der Waals surface area contributed by atoms with Gasteiger partial charge in [0, 0.05) is 6.42 Å². The summed E-state index contributed by atoms with van der Waals surface area (Å²) in [6, 6.07) is 1.20. The number of aliphatic hydroxyl groups excluding tert-OH is 1. The molecule has 8 heteroatoms. The van der Waals surface area contributed by atoms with Gasteiger partial charge in [0.15, 0.2) is 5.15 Å². The summed E-state index contributed by atoms with van der Waals surface area (Å²) >= 11 is 5.57. The molecule has 1 heterocycles. The van der Waals surface area contributed by atoms with Crippen molar-refractivity contribution in [3.8, 4) is 0 Å². The molecule has 0 aliphatic carbocycles. The van der Waals surface area contributed by atoms with Gasteiger partial charge in [-0.3, -0.25) is 0 Å². The Hall–Kier alpha value is -1.18. The fourth-order valence-corrected chi connectivity index (χ4v) is 1.36. The summed E-state index contributed by atoms with van der Waals surface area (Å²) in [5.41, 5.74) is 0. The average Bonchev–Trinajstić information content (AvgIpc) is 2.59. The molecule has 16 heavy (non-hydrogen) atoms. The summed E-state index contributed by atoms with van der Waals surface area (Å²) in [4.78, 5) is 10.1. The molecule has 7 nitrogen and oxygen atoms in total. The van der Waals surface area contributed by atoms with Crippen LogP contribution in [0.15, 0.2) is 6.07 Å². The molecular weight excluding hydrogens is 238 g/mol. The number of aliphatic hydroxyl groups is 1. The van der Waals surface area contributed by atoms with Gasteiger partial charge in [0.1, 0.15) is 6.54 Å². The van der Waals surface area contributed by atoms with Crippen molar-refractivity contribution in [2.45, 2.75) is 13.0 Å². The summed E-state index contributed by atoms with van der Waals surface area (Å²) in [6.07, 6.45) is 0.568. The molecule has 1 aromatic rings. The van der Waals surface area contributed by atoms with E-state index in [-0.39, 0.29) is 24.2 Å². The minimum atomic E-state index is -0.534. The predicted molar refractivity (Wildman–Crippen MR) is 56.4 cm³/mol. The topological polar surface area (TPSA) is 90.4 Å². The van der Waals surface area contributed by atoms with Crippen LogP contribution in [0.5, 0.6) is 0 Å². The first-order valence-electron chi connectivity index (χ1n) is 4.71. The molecule has 1 aromatic heterocycles. The van der Waals surface area contributed by atoms with Gasteiger partial charge < -0.3 is 20.0 Å². The van der Waals surface area contributed by atoms with E-state index in [2.05, 4.69) is 5.10 Å². The van der Waals surface area contributed by atoms with Crippen LogP contribution in [0.3, 0.4) is 0 Å². The highest BCUT2D eigenvalue weighted by atomic mass is 35.5. The molecule has 0 saturated carbocycles. The molecule has 1 N–H and O–H groups in total. The Morgan fingerprint density at radius 3 is 3.00 bits per heavy atom. The minimum Gasteiger partial charge on any atom is -0.394 e. The molecule has 0 amide bonds. The maximum absolute atomic E-state index is 10.6. The van der Waals surface area contributed by atoms with Gasteiger partial charge in [0.25, 0.3) is 0 Å². The predicted octanol–water partition coefficient (Wildman–Crippen LogP) is 0.844. The zero-order chi connectivity index (χ0) is 12.0. The monoisotopic (exact) mass is 249 g/mol. The summed E-state index contributed by atoms with van der Waals surface area (Å²) in [5, 5.41) is 22.9. The van der Waals surface area contributed by atoms with Crippen molar-refractivity contribution < 1.29 is 14.8 Å². The molecule has 0 spiro atoms. The number of hydrogen-bond donors (Lipinski definition) is 1. The van der Waals surface area contributed by atoms with Gasteiger partial charge in [-0.05, 0) is 4.92 Å². The largest absolute Gasteiger partial charge is 0.394 e. The van der Waals surface area contributed by atoms with Crippen molar-refractivity contribution in [2.24, 2.45) is 0 Å². The molecular formula is C8H12ClN3O4. The van der Waals surface area contributed by atoms with Crippen molar-refractivity contribution in [2.75, 3.05) is 19.8 Å². The van der Waals surface area contributed by atoms with Crippen LogP contribution in [0.4, 0.5) is 5.82 Å². The number of aromatic nitrogens is 2. The molecule has 0 aliphatic rings. The minimum absolute atomic E-state index is 0.0340. The molecule has 0 saturated heterocycles. The third-order valence-corrected chi connectivity index (χ3v) is 1.99. The van der Waals surface area contributed by atoms with E-state index in [1.54, 1.807) is 0 Å². The smallest absolute Gasteiger partial charge is 0.346 e. The summed E-state index contributed by atoms with van der Waals surface area (Å²) in [5.74, 6) is -0.132. The van der Waals surface area contributed by atoms with Crippen LogP contribution < -0.4 is 0 Å². The summed E-state index contributed by atoms with van der Waals surface area (Å²) in [7, 11) is 0. The molecule has 90 valence electrons. The lowest BCUT2D eigenvalue weighted by Crippen LogP contribution is -2.08. The molecule has 0 aromatic carbocycles. The lowest BCUT2D eigenvalue weighted by atomic mass is 10.4. The molecule has 0 atom stereocenters. The maximum Gasteiger partial charge on any atom is 0.346 e. The third kappa shape index (κ3) is 3.76. The zero-order valence-electron chi connectivity index (χ0n) is 8.50. The van der Waals surface area contributed by atoms with Crippen LogP contribution in [-0.2, 0) is 11.3 Å². The molecule has 1 rings (SSSR count). The van der Waals surface area contributed by atoms with Gasteiger partial charge in [0.2, 0.25) is 0 Å². The van der Waals surface area contributed by atoms with E-state index in [0.29, 0.717) is 19.6 Å². The molecule has 0 aliphatic heterocycles. The quantitative estimate of drug-likeness (QED) is 0.439. The van der Waals surface area contributed by atoms with Crippen molar-refractivity contribution in [1.29, 1.82) is 0 Å². The number of hydrogen-bond acceptors (Lipinski definition) is 5. The number of nitro groups is 1. The summed E-state index contributed by atoms with van der Waals surface area (Å²) < 4.78 is 6.24. The Bertz CT molecular complexity index is 355. The highest BCUT2D eigenvalue weighted by Crippen LogP contribution is 2.17. The Morgan fingerprint density at radius 2 is 2.38 bits per heavy atom. The van der Waals surface area contributed by atoms with E-state index < -0.39 is 4.92 Å². The Balaban J connectivity index is 2.44. The summed E-state index contributed by atoms with van der Waals surface area (Å²) in [6.45, 7) is 0.999. The number of nitrogens with zero attached hydrogens (tertiary/aromatic N) is 3. The Morgan fingerprint density at radius 1 is 1.62 bits per heavy atom. The second-order valence-electron chi connectivity index (χ2n) is 3.00. The van der Waals surface area contributed by atoms with Crippen LogP contribution >= 0.6 is 11.6 Å². The van der Waals surface area contributed by atoms with Gasteiger partial charge in [-0.2, -0.15) is 0 Å². The second-order valence-corrected chi connectivity index (χ2v) is 3.38. The number of halogens is 1.